The summed E-state index contributed by atoms with van der Waals surface area (Å²) in [5, 5.41) is 0. The Labute approximate surface area is 141 Å². The van der Waals surface area contributed by atoms with Gasteiger partial charge in [-0.25, -0.2) is 9.59 Å². The van der Waals surface area contributed by atoms with Crippen LogP contribution in [0.5, 0.6) is 0 Å². The molecule has 2 aromatic rings. The molecular formula is C20H18O4. The Morgan fingerprint density at radius 3 is 1.33 bits per heavy atom. The van der Waals surface area contributed by atoms with Gasteiger partial charge in [0.25, 0.3) is 0 Å². The van der Waals surface area contributed by atoms with Gasteiger partial charge in [-0.1, -0.05) is 73.8 Å². The Bertz CT molecular complexity index is 662. The average molecular weight is 322 g/mol. The van der Waals surface area contributed by atoms with E-state index in [9.17, 15) is 9.59 Å². The van der Waals surface area contributed by atoms with Gasteiger partial charge in [0.1, 0.15) is 13.2 Å². The Hall–Kier alpha value is -3.14. The molecule has 0 saturated carbocycles. The molecule has 0 aliphatic rings. The summed E-state index contributed by atoms with van der Waals surface area (Å²) in [4.78, 5) is 23.3. The van der Waals surface area contributed by atoms with E-state index in [2.05, 4.69) is 13.2 Å². The molecule has 4 heteroatoms. The third-order valence-electron chi connectivity index (χ3n) is 3.34. The molecule has 0 amide bonds. The molecule has 0 heterocycles. The minimum Gasteiger partial charge on any atom is -0.452 e. The van der Waals surface area contributed by atoms with Crippen molar-refractivity contribution < 1.29 is 19.1 Å². The number of ether oxygens (including phenoxy) is 2. The van der Waals surface area contributed by atoms with Crippen LogP contribution in [-0.4, -0.2) is 11.9 Å². The fourth-order valence-electron chi connectivity index (χ4n) is 1.92. The zero-order valence-electron chi connectivity index (χ0n) is 13.2. The van der Waals surface area contributed by atoms with Gasteiger partial charge in [-0.2, -0.15) is 0 Å². The summed E-state index contributed by atoms with van der Waals surface area (Å²) in [6, 6.07) is 14.6. The fraction of sp³-hybridized carbons (Fsp3) is 0.100. The van der Waals surface area contributed by atoms with Crippen molar-refractivity contribution in [1.29, 1.82) is 0 Å². The van der Waals surface area contributed by atoms with Gasteiger partial charge in [-0.15, -0.1) is 0 Å². The molecule has 0 bridgehead atoms. The van der Waals surface area contributed by atoms with E-state index in [4.69, 9.17) is 9.47 Å². The average Bonchev–Trinajstić information content (AvgIpc) is 2.64. The first kappa shape index (κ1) is 17.2. The SMILES string of the molecule is C=Cc1ccc(COC(=O)C(=O)OCc2ccc(C=C)cc2)cc1. The van der Waals surface area contributed by atoms with Crippen LogP contribution in [0.1, 0.15) is 22.3 Å². The summed E-state index contributed by atoms with van der Waals surface area (Å²) < 4.78 is 9.87. The first-order valence-electron chi connectivity index (χ1n) is 7.39. The fourth-order valence-corrected chi connectivity index (χ4v) is 1.92. The first-order chi connectivity index (χ1) is 11.6. The first-order valence-corrected chi connectivity index (χ1v) is 7.39. The molecular weight excluding hydrogens is 304 g/mol. The standard InChI is InChI=1S/C20H18O4/c1-3-15-5-9-17(10-6-15)13-23-19(21)20(22)24-14-18-11-7-16(4-2)8-12-18/h3-12H,1-2,13-14H2. The summed E-state index contributed by atoms with van der Waals surface area (Å²) in [6.07, 6.45) is 3.43. The second-order valence-electron chi connectivity index (χ2n) is 5.04. The quantitative estimate of drug-likeness (QED) is 0.600. The van der Waals surface area contributed by atoms with E-state index in [0.717, 1.165) is 22.3 Å². The summed E-state index contributed by atoms with van der Waals surface area (Å²) >= 11 is 0. The highest BCUT2D eigenvalue weighted by Gasteiger charge is 2.17. The molecule has 24 heavy (non-hydrogen) atoms. The molecule has 0 aliphatic carbocycles. The molecule has 0 atom stereocenters. The third kappa shape index (κ3) is 4.95. The zero-order valence-corrected chi connectivity index (χ0v) is 13.2. The lowest BCUT2D eigenvalue weighted by Crippen LogP contribution is -2.20. The second-order valence-corrected chi connectivity index (χ2v) is 5.04. The van der Waals surface area contributed by atoms with Gasteiger partial charge in [-0.05, 0) is 22.3 Å². The number of rotatable bonds is 6. The van der Waals surface area contributed by atoms with Gasteiger partial charge in [0, 0.05) is 0 Å². The van der Waals surface area contributed by atoms with E-state index < -0.39 is 11.9 Å². The van der Waals surface area contributed by atoms with Crippen molar-refractivity contribution in [3.63, 3.8) is 0 Å². The zero-order chi connectivity index (χ0) is 17.4. The third-order valence-corrected chi connectivity index (χ3v) is 3.34. The van der Waals surface area contributed by atoms with Crippen LogP contribution < -0.4 is 0 Å². The van der Waals surface area contributed by atoms with Crippen LogP contribution in [0.25, 0.3) is 12.2 Å². The van der Waals surface area contributed by atoms with E-state index in [0.29, 0.717) is 0 Å². The lowest BCUT2D eigenvalue weighted by Gasteiger charge is -2.06. The van der Waals surface area contributed by atoms with Crippen molar-refractivity contribution in [2.24, 2.45) is 0 Å². The van der Waals surface area contributed by atoms with Crippen molar-refractivity contribution >= 4 is 24.1 Å². The molecule has 4 nitrogen and oxygen atoms in total. The monoisotopic (exact) mass is 322 g/mol. The molecule has 2 rings (SSSR count). The number of carbonyl (C=O) groups is 2. The maximum atomic E-state index is 11.6. The summed E-state index contributed by atoms with van der Waals surface area (Å²) in [7, 11) is 0. The van der Waals surface area contributed by atoms with Crippen molar-refractivity contribution in [3.05, 3.63) is 83.9 Å². The number of carbonyl (C=O) groups excluding carboxylic acids is 2. The number of esters is 2. The van der Waals surface area contributed by atoms with Crippen LogP contribution in [-0.2, 0) is 32.3 Å². The molecule has 0 saturated heterocycles. The summed E-state index contributed by atoms with van der Waals surface area (Å²) in [6.45, 7) is 7.35. The molecule has 0 spiro atoms. The Morgan fingerprint density at radius 2 is 1.04 bits per heavy atom. The molecule has 0 aromatic heterocycles. The number of hydrogen-bond donors (Lipinski definition) is 0. The predicted molar refractivity (Wildman–Crippen MR) is 92.7 cm³/mol. The van der Waals surface area contributed by atoms with Crippen molar-refractivity contribution in [2.45, 2.75) is 13.2 Å². The van der Waals surface area contributed by atoms with E-state index >= 15 is 0 Å². The van der Waals surface area contributed by atoms with E-state index in [1.807, 2.05) is 24.3 Å². The maximum Gasteiger partial charge on any atom is 0.417 e. The maximum absolute atomic E-state index is 11.6. The number of hydrogen-bond acceptors (Lipinski definition) is 4. The second kappa shape index (κ2) is 8.48. The lowest BCUT2D eigenvalue weighted by atomic mass is 10.1. The minimum atomic E-state index is -1.01. The van der Waals surface area contributed by atoms with E-state index in [1.165, 1.54) is 0 Å². The van der Waals surface area contributed by atoms with Crippen molar-refractivity contribution in [1.82, 2.24) is 0 Å². The van der Waals surface area contributed by atoms with Gasteiger partial charge in [-0.3, -0.25) is 0 Å². The van der Waals surface area contributed by atoms with Gasteiger partial charge in [0.15, 0.2) is 0 Å². The summed E-state index contributed by atoms with van der Waals surface area (Å²) in [5.41, 5.74) is 3.49. The smallest absolute Gasteiger partial charge is 0.417 e. The molecule has 0 N–H and O–H groups in total. The molecule has 0 unspecified atom stereocenters. The van der Waals surface area contributed by atoms with Crippen LogP contribution in [0.15, 0.2) is 61.7 Å². The number of benzene rings is 2. The molecule has 122 valence electrons. The molecule has 2 aromatic carbocycles. The molecule has 0 aliphatic heterocycles. The van der Waals surface area contributed by atoms with Gasteiger partial charge < -0.3 is 9.47 Å². The highest BCUT2D eigenvalue weighted by Crippen LogP contribution is 2.08. The molecule has 0 fully saturated rings. The van der Waals surface area contributed by atoms with Crippen LogP contribution in [0.3, 0.4) is 0 Å². The highest BCUT2D eigenvalue weighted by atomic mass is 16.6. The van der Waals surface area contributed by atoms with Gasteiger partial charge in [0.05, 0.1) is 0 Å². The van der Waals surface area contributed by atoms with Gasteiger partial charge in [0.2, 0.25) is 0 Å². The highest BCUT2D eigenvalue weighted by molar-refractivity contribution is 6.29. The van der Waals surface area contributed by atoms with Crippen LogP contribution in [0.2, 0.25) is 0 Å². The largest absolute Gasteiger partial charge is 0.452 e. The van der Waals surface area contributed by atoms with E-state index in [1.54, 1.807) is 36.4 Å². The topological polar surface area (TPSA) is 52.6 Å². The van der Waals surface area contributed by atoms with Crippen LogP contribution in [0, 0.1) is 0 Å². The molecule has 0 radical (unpaired) electrons. The van der Waals surface area contributed by atoms with E-state index in [-0.39, 0.29) is 13.2 Å². The Morgan fingerprint density at radius 1 is 0.708 bits per heavy atom. The minimum absolute atomic E-state index is 0.0133. The Balaban J connectivity index is 1.79. The summed E-state index contributed by atoms with van der Waals surface area (Å²) in [5.74, 6) is -2.02. The van der Waals surface area contributed by atoms with Crippen LogP contribution in [0.4, 0.5) is 0 Å². The normalized spacial score (nSPS) is 9.83. The van der Waals surface area contributed by atoms with Crippen LogP contribution >= 0.6 is 0 Å². The van der Waals surface area contributed by atoms with Crippen molar-refractivity contribution in [3.8, 4) is 0 Å². The Kier molecular flexibility index (Phi) is 6.08. The van der Waals surface area contributed by atoms with Crippen molar-refractivity contribution in [2.75, 3.05) is 0 Å². The lowest BCUT2D eigenvalue weighted by molar-refractivity contribution is -0.169. The predicted octanol–water partition coefficient (Wildman–Crippen LogP) is 3.76. The van der Waals surface area contributed by atoms with Gasteiger partial charge >= 0.3 is 11.9 Å².